The van der Waals surface area contributed by atoms with Crippen LogP contribution in [0.4, 0.5) is 0 Å². The number of aromatic nitrogens is 2. The van der Waals surface area contributed by atoms with Crippen LogP contribution < -0.4 is 5.32 Å². The lowest BCUT2D eigenvalue weighted by Gasteiger charge is -2.45. The Morgan fingerprint density at radius 2 is 2.17 bits per heavy atom. The van der Waals surface area contributed by atoms with Crippen LogP contribution in [0, 0.1) is 0 Å². The molecule has 7 heteroatoms. The monoisotopic (exact) mass is 463 g/mol. The van der Waals surface area contributed by atoms with Gasteiger partial charge in [-0.25, -0.2) is 4.98 Å². The maximum atomic E-state index is 4.53. The molecule has 24 heavy (non-hydrogen) atoms. The molecule has 1 saturated carbocycles. The van der Waals surface area contributed by atoms with Crippen LogP contribution >= 0.6 is 35.7 Å². The van der Waals surface area contributed by atoms with Crippen LogP contribution in [0.15, 0.2) is 23.7 Å². The van der Waals surface area contributed by atoms with Crippen LogP contribution in [0.1, 0.15) is 38.5 Å². The molecule has 2 aliphatic rings. The smallest absolute Gasteiger partial charge is 0.193 e. The topological polar surface area (TPSA) is 45.5 Å². The Bertz CT molecular complexity index is 494. The molecule has 1 spiro atoms. The molecule has 5 nitrogen and oxygen atoms in total. The summed E-state index contributed by atoms with van der Waals surface area (Å²) < 4.78 is 2.62. The molecule has 1 N–H and O–H groups in total. The summed E-state index contributed by atoms with van der Waals surface area (Å²) in [6, 6.07) is 0. The molecule has 0 radical (unpaired) electrons. The number of hydrogen-bond acceptors (Lipinski definition) is 3. The molecule has 1 aromatic heterocycles. The lowest BCUT2D eigenvalue weighted by molar-refractivity contribution is 0.293. The van der Waals surface area contributed by atoms with Crippen molar-refractivity contribution in [3.05, 3.63) is 18.7 Å². The lowest BCUT2D eigenvalue weighted by Crippen LogP contribution is -2.53. The Kier molecular flexibility index (Phi) is 8.19. The molecule has 0 amide bonds. The van der Waals surface area contributed by atoms with Crippen molar-refractivity contribution in [2.75, 3.05) is 32.4 Å². The molecule has 1 aliphatic heterocycles. The molecule has 3 rings (SSSR count). The fourth-order valence-corrected chi connectivity index (χ4v) is 5.31. The molecule has 0 bridgehead atoms. The number of thioether (sulfide) groups is 1. The van der Waals surface area contributed by atoms with Gasteiger partial charge in [-0.05, 0) is 19.3 Å². The fourth-order valence-electron chi connectivity index (χ4n) is 3.74. The van der Waals surface area contributed by atoms with Gasteiger partial charge in [-0.2, -0.15) is 11.8 Å². The third-order valence-corrected chi connectivity index (χ3v) is 6.50. The Balaban J connectivity index is 0.00000208. The Morgan fingerprint density at radius 1 is 1.33 bits per heavy atom. The second-order valence-electron chi connectivity index (χ2n) is 6.64. The first-order valence-corrected chi connectivity index (χ1v) is 9.85. The summed E-state index contributed by atoms with van der Waals surface area (Å²) in [4.78, 5) is 11.1. The Labute approximate surface area is 167 Å². The molecule has 1 aromatic rings. The van der Waals surface area contributed by atoms with Crippen molar-refractivity contribution in [1.29, 1.82) is 0 Å². The van der Waals surface area contributed by atoms with Crippen molar-refractivity contribution < 1.29 is 0 Å². The van der Waals surface area contributed by atoms with Gasteiger partial charge in [0.1, 0.15) is 0 Å². The summed E-state index contributed by atoms with van der Waals surface area (Å²) in [5.74, 6) is 2.32. The number of nitrogens with one attached hydrogen (secondary N) is 1. The molecular weight excluding hydrogens is 433 g/mol. The summed E-state index contributed by atoms with van der Waals surface area (Å²) in [7, 11) is 1.91. The first kappa shape index (κ1) is 19.9. The first-order valence-electron chi connectivity index (χ1n) is 8.87. The summed E-state index contributed by atoms with van der Waals surface area (Å²) in [6.45, 7) is 4.25. The van der Waals surface area contributed by atoms with E-state index in [-0.39, 0.29) is 24.0 Å². The summed E-state index contributed by atoms with van der Waals surface area (Å²) in [6.07, 6.45) is 13.8. The SMILES string of the molecule is CN=C(NCCCn1ccnc1)N1CCSC2(CCCCC2)C1.I. The number of nitrogens with zero attached hydrogens (tertiary/aromatic N) is 4. The molecular formula is C17H30IN5S. The predicted octanol–water partition coefficient (Wildman–Crippen LogP) is 3.22. The van der Waals surface area contributed by atoms with Crippen LogP contribution in [-0.2, 0) is 6.54 Å². The van der Waals surface area contributed by atoms with Crippen molar-refractivity contribution >= 4 is 41.7 Å². The second-order valence-corrected chi connectivity index (χ2v) is 8.20. The number of rotatable bonds is 4. The van der Waals surface area contributed by atoms with E-state index in [1.54, 1.807) is 0 Å². The van der Waals surface area contributed by atoms with Gasteiger partial charge in [0.25, 0.3) is 0 Å². The van der Waals surface area contributed by atoms with E-state index in [9.17, 15) is 0 Å². The molecule has 2 fully saturated rings. The van der Waals surface area contributed by atoms with E-state index in [2.05, 4.69) is 36.5 Å². The zero-order valence-electron chi connectivity index (χ0n) is 14.6. The summed E-state index contributed by atoms with van der Waals surface area (Å²) >= 11 is 2.21. The standard InChI is InChI=1S/C17H29N5S.HI/c1-18-16(20-8-5-10-21-11-9-19-15-21)22-12-13-23-17(14-22)6-3-2-4-7-17;/h9,11,15H,2-8,10,12-14H2,1H3,(H,18,20);1H. The van der Waals surface area contributed by atoms with Crippen molar-refractivity contribution in [3.8, 4) is 0 Å². The Hall–Kier alpha value is -0.440. The molecule has 0 unspecified atom stereocenters. The minimum atomic E-state index is 0. The minimum absolute atomic E-state index is 0. The van der Waals surface area contributed by atoms with Gasteiger partial charge in [0, 0.05) is 56.1 Å². The summed E-state index contributed by atoms with van der Waals surface area (Å²) in [5, 5.41) is 3.56. The van der Waals surface area contributed by atoms with E-state index >= 15 is 0 Å². The zero-order chi connectivity index (χ0) is 16.0. The normalized spacial score (nSPS) is 20.7. The highest BCUT2D eigenvalue weighted by Crippen LogP contribution is 2.42. The van der Waals surface area contributed by atoms with Crippen molar-refractivity contribution in [1.82, 2.24) is 19.8 Å². The molecule has 1 aliphatic carbocycles. The van der Waals surface area contributed by atoms with Crippen molar-refractivity contribution in [2.24, 2.45) is 4.99 Å². The van der Waals surface area contributed by atoms with E-state index in [1.807, 2.05) is 25.8 Å². The molecule has 1 saturated heterocycles. The number of hydrogen-bond donors (Lipinski definition) is 1. The van der Waals surface area contributed by atoms with Crippen molar-refractivity contribution in [2.45, 2.75) is 49.8 Å². The van der Waals surface area contributed by atoms with E-state index in [1.165, 1.54) is 44.4 Å². The molecule has 136 valence electrons. The van der Waals surface area contributed by atoms with Gasteiger partial charge in [0.2, 0.25) is 0 Å². The molecule has 2 heterocycles. The van der Waals surface area contributed by atoms with Crippen molar-refractivity contribution in [3.63, 3.8) is 0 Å². The van der Waals surface area contributed by atoms with Crippen LogP contribution in [-0.4, -0.2) is 57.6 Å². The Morgan fingerprint density at radius 3 is 2.88 bits per heavy atom. The molecule has 0 aromatic carbocycles. The van der Waals surface area contributed by atoms with Crippen LogP contribution in [0.3, 0.4) is 0 Å². The molecule has 0 atom stereocenters. The second kappa shape index (κ2) is 9.89. The largest absolute Gasteiger partial charge is 0.356 e. The number of aliphatic imine (C=N–C) groups is 1. The van der Waals surface area contributed by atoms with E-state index < -0.39 is 0 Å². The van der Waals surface area contributed by atoms with Gasteiger partial charge in [-0.15, -0.1) is 24.0 Å². The fraction of sp³-hybridized carbons (Fsp3) is 0.765. The highest BCUT2D eigenvalue weighted by molar-refractivity contribution is 14.0. The zero-order valence-corrected chi connectivity index (χ0v) is 17.8. The maximum Gasteiger partial charge on any atom is 0.193 e. The van der Waals surface area contributed by atoms with Gasteiger partial charge >= 0.3 is 0 Å². The van der Waals surface area contributed by atoms with E-state index in [4.69, 9.17) is 0 Å². The number of aryl methyl sites for hydroxylation is 1. The average molecular weight is 463 g/mol. The van der Waals surface area contributed by atoms with Gasteiger partial charge in [0.05, 0.1) is 6.33 Å². The van der Waals surface area contributed by atoms with Gasteiger partial charge in [0.15, 0.2) is 5.96 Å². The van der Waals surface area contributed by atoms with Gasteiger partial charge in [-0.3, -0.25) is 4.99 Å². The highest BCUT2D eigenvalue weighted by atomic mass is 127. The highest BCUT2D eigenvalue weighted by Gasteiger charge is 2.38. The number of halogens is 1. The third-order valence-electron chi connectivity index (χ3n) is 4.96. The number of imidazole rings is 1. The number of guanidine groups is 1. The predicted molar refractivity (Wildman–Crippen MR) is 113 cm³/mol. The van der Waals surface area contributed by atoms with E-state index in [0.717, 1.165) is 32.0 Å². The van der Waals surface area contributed by atoms with Crippen LogP contribution in [0.25, 0.3) is 0 Å². The van der Waals surface area contributed by atoms with Gasteiger partial charge in [-0.1, -0.05) is 19.3 Å². The van der Waals surface area contributed by atoms with Crippen LogP contribution in [0.5, 0.6) is 0 Å². The van der Waals surface area contributed by atoms with Gasteiger partial charge < -0.3 is 14.8 Å². The minimum Gasteiger partial charge on any atom is -0.356 e. The van der Waals surface area contributed by atoms with E-state index in [0.29, 0.717) is 4.75 Å². The quantitative estimate of drug-likeness (QED) is 0.323. The average Bonchev–Trinajstić information content (AvgIpc) is 3.09. The third kappa shape index (κ3) is 5.28. The van der Waals surface area contributed by atoms with Crippen LogP contribution in [0.2, 0.25) is 0 Å². The lowest BCUT2D eigenvalue weighted by atomic mass is 9.87. The first-order chi connectivity index (χ1) is 11.3. The maximum absolute atomic E-state index is 4.53. The summed E-state index contributed by atoms with van der Waals surface area (Å²) in [5.41, 5.74) is 0.